The number of thiol groups is 2. The Morgan fingerprint density at radius 3 is 1.70 bits per heavy atom. The first-order valence-electron chi connectivity index (χ1n) is 1.50. The topological polar surface area (TPSA) is 47.6 Å². The normalized spacial score (nSPS) is 6.50. The summed E-state index contributed by atoms with van der Waals surface area (Å²) in [4.78, 5) is 0.332. The quantitative estimate of drug-likeness (QED) is 0.333. The smallest absolute Gasteiger partial charge is 0.106 e. The monoisotopic (exact) mass is 190 g/mol. The molecule has 2 nitrogen and oxygen atoms in total. The predicted octanol–water partition coefficient (Wildman–Crippen LogP) is 0.589. The van der Waals surface area contributed by atoms with Gasteiger partial charge >= 0.3 is 0 Å². The molecule has 0 saturated carbocycles. The fourth-order valence-electron chi connectivity index (χ4n) is 0.0289. The minimum Gasteiger partial charge on any atom is -0.202 e. The van der Waals surface area contributed by atoms with Gasteiger partial charge in [-0.3, -0.25) is 0 Å². The van der Waals surface area contributed by atoms with Crippen LogP contribution in [0.5, 0.6) is 0 Å². The van der Waals surface area contributed by atoms with E-state index in [9.17, 15) is 0 Å². The van der Waals surface area contributed by atoms with Gasteiger partial charge in [-0.05, 0) is 5.41 Å². The van der Waals surface area contributed by atoms with Crippen molar-refractivity contribution in [2.75, 3.05) is 0 Å². The second-order valence-corrected chi connectivity index (χ2v) is 1.37. The van der Waals surface area contributed by atoms with Crippen molar-refractivity contribution >= 4 is 84.4 Å². The third-order valence-electron chi connectivity index (χ3n) is 0.237. The van der Waals surface area contributed by atoms with E-state index in [2.05, 4.69) is 31.8 Å². The Bertz CT molecular complexity index is 138. The van der Waals surface area contributed by atoms with Gasteiger partial charge in [0, 0.05) is 65.7 Å². The summed E-state index contributed by atoms with van der Waals surface area (Å²) in [5.41, 5.74) is 0. The summed E-state index contributed by atoms with van der Waals surface area (Å²) in [5.74, 6) is 0. The van der Waals surface area contributed by atoms with E-state index >= 15 is 0 Å². The second-order valence-electron chi connectivity index (χ2n) is 0.626. The van der Waals surface area contributed by atoms with E-state index in [1.807, 2.05) is 0 Å². The molecule has 0 saturated heterocycles. The van der Waals surface area contributed by atoms with Gasteiger partial charge in [0.2, 0.25) is 0 Å². The zero-order valence-electron chi connectivity index (χ0n) is 5.94. The van der Waals surface area contributed by atoms with Crippen LogP contribution in [0.3, 0.4) is 0 Å². The largest absolute Gasteiger partial charge is 0.202 e. The third kappa shape index (κ3) is 22.7. The van der Waals surface area contributed by atoms with E-state index in [0.717, 1.165) is 0 Å². The molecule has 0 spiro atoms. The molecule has 0 aliphatic heterocycles. The number of rotatable bonds is 0. The first-order valence-corrected chi connectivity index (χ1v) is 2.47. The number of nitriles is 2. The van der Waals surface area contributed by atoms with Crippen LogP contribution in [0.4, 0.5) is 0 Å². The summed E-state index contributed by atoms with van der Waals surface area (Å²) in [6.07, 6.45) is 0. The fourth-order valence-corrected chi connectivity index (χ4v) is 0.0866. The van der Waals surface area contributed by atoms with Crippen LogP contribution in [0.1, 0.15) is 0 Å². The van der Waals surface area contributed by atoms with Crippen LogP contribution in [0.2, 0.25) is 0 Å². The molecule has 0 amide bonds. The maximum atomic E-state index is 7.89. The van der Waals surface area contributed by atoms with Crippen molar-refractivity contribution in [1.82, 2.24) is 0 Å². The Kier molecular flexibility index (Phi) is 50.5. The van der Waals surface area contributed by atoms with Crippen LogP contribution in [-0.2, 0) is 0 Å². The number of allylic oxidation sites excluding steroid dienone is 1. The first-order chi connectivity index (χ1) is 3.81. The van der Waals surface area contributed by atoms with Crippen molar-refractivity contribution < 1.29 is 0 Å². The molecule has 2 radical (unpaired) electrons. The maximum absolute atomic E-state index is 7.89. The molecular formula is C4H4N2Na2S2. The fraction of sp³-hybridized carbons (Fsp3) is 0. The van der Waals surface area contributed by atoms with Gasteiger partial charge < -0.3 is 0 Å². The van der Waals surface area contributed by atoms with Gasteiger partial charge in [-0.15, -0.1) is 25.3 Å². The van der Waals surface area contributed by atoms with E-state index in [1.54, 1.807) is 6.07 Å². The van der Waals surface area contributed by atoms with Gasteiger partial charge in [0.1, 0.15) is 6.07 Å². The standard InChI is InChI=1S/C3H3NS2.CHN.2Na/c4-1-3(6)2-5;1-2;;/h2,5-6H;1H;;/b3-2-;;;. The number of hydrogen-bond acceptors (Lipinski definition) is 4. The Morgan fingerprint density at radius 2 is 1.70 bits per heavy atom. The van der Waals surface area contributed by atoms with E-state index < -0.39 is 0 Å². The molecule has 0 heterocycles. The average Bonchev–Trinajstić information content (AvgIpc) is 1.91. The molecular weight excluding hydrogens is 186 g/mol. The third-order valence-corrected chi connectivity index (χ3v) is 0.928. The molecule has 0 atom stereocenters. The number of hydrogen-bond donors (Lipinski definition) is 2. The summed E-state index contributed by atoms with van der Waals surface area (Å²) in [6, 6.07) is 1.76. The van der Waals surface area contributed by atoms with Crippen molar-refractivity contribution in [3.8, 4) is 12.6 Å². The summed E-state index contributed by atoms with van der Waals surface area (Å²) in [7, 11) is 0. The Hall–Kier alpha value is 1.42. The van der Waals surface area contributed by atoms with Crippen LogP contribution in [0.25, 0.3) is 0 Å². The molecule has 0 aromatic heterocycles. The molecule has 6 heteroatoms. The average molecular weight is 190 g/mol. The van der Waals surface area contributed by atoms with Crippen LogP contribution >= 0.6 is 25.3 Å². The Balaban J connectivity index is -0.0000000412. The molecule has 0 aromatic rings. The molecule has 44 valence electrons. The molecule has 0 aromatic carbocycles. The molecule has 0 aliphatic rings. The minimum absolute atomic E-state index is 0. The van der Waals surface area contributed by atoms with Crippen LogP contribution in [0, 0.1) is 23.2 Å². The molecule has 10 heavy (non-hydrogen) atoms. The van der Waals surface area contributed by atoms with Gasteiger partial charge in [0.25, 0.3) is 0 Å². The summed E-state index contributed by atoms with van der Waals surface area (Å²) < 4.78 is 0. The maximum Gasteiger partial charge on any atom is 0.106 e. The van der Waals surface area contributed by atoms with E-state index in [-0.39, 0.29) is 59.1 Å². The predicted molar refractivity (Wildman–Crippen MR) is 49.8 cm³/mol. The van der Waals surface area contributed by atoms with E-state index in [0.29, 0.717) is 4.91 Å². The van der Waals surface area contributed by atoms with Crippen molar-refractivity contribution in [2.24, 2.45) is 0 Å². The minimum atomic E-state index is 0. The van der Waals surface area contributed by atoms with E-state index in [1.165, 1.54) is 5.41 Å². The Morgan fingerprint density at radius 1 is 1.40 bits per heavy atom. The number of nitrogens with zero attached hydrogens (tertiary/aromatic N) is 2. The summed E-state index contributed by atoms with van der Waals surface area (Å²) >= 11 is 7.29. The molecule has 0 bridgehead atoms. The van der Waals surface area contributed by atoms with Gasteiger partial charge in [0.15, 0.2) is 0 Å². The summed E-state index contributed by atoms with van der Waals surface area (Å²) in [5, 5.41) is 15.7. The molecule has 0 fully saturated rings. The zero-order chi connectivity index (χ0) is 6.99. The van der Waals surface area contributed by atoms with Gasteiger partial charge in [0.05, 0.1) is 4.91 Å². The van der Waals surface area contributed by atoms with Crippen molar-refractivity contribution in [3.05, 3.63) is 10.3 Å². The molecule has 0 unspecified atom stereocenters. The molecule has 0 N–H and O–H groups in total. The Labute approximate surface area is 116 Å². The van der Waals surface area contributed by atoms with Crippen LogP contribution < -0.4 is 0 Å². The molecule has 0 aliphatic carbocycles. The zero-order valence-corrected chi connectivity index (χ0v) is 11.7. The van der Waals surface area contributed by atoms with Gasteiger partial charge in [-0.2, -0.15) is 5.26 Å². The van der Waals surface area contributed by atoms with Crippen molar-refractivity contribution in [1.29, 1.82) is 10.5 Å². The van der Waals surface area contributed by atoms with Gasteiger partial charge in [-0.1, -0.05) is 0 Å². The summed E-state index contributed by atoms with van der Waals surface area (Å²) in [6.45, 7) is 3.50. The van der Waals surface area contributed by atoms with Crippen LogP contribution in [0.15, 0.2) is 10.3 Å². The molecule has 0 rings (SSSR count). The van der Waals surface area contributed by atoms with Crippen LogP contribution in [-0.4, -0.2) is 59.1 Å². The van der Waals surface area contributed by atoms with E-state index in [4.69, 9.17) is 10.5 Å². The SMILES string of the molecule is C#N.N#C/C(S)=C/S.[Na].[Na]. The second kappa shape index (κ2) is 22.4. The van der Waals surface area contributed by atoms with Crippen molar-refractivity contribution in [2.45, 2.75) is 0 Å². The van der Waals surface area contributed by atoms with Crippen molar-refractivity contribution in [3.63, 3.8) is 0 Å². The van der Waals surface area contributed by atoms with Gasteiger partial charge in [-0.25, -0.2) is 5.26 Å². The first kappa shape index (κ1) is 22.5.